The van der Waals surface area contributed by atoms with Crippen LogP contribution in [0.4, 0.5) is 0 Å². The van der Waals surface area contributed by atoms with Crippen LogP contribution in [0.5, 0.6) is 5.75 Å². The summed E-state index contributed by atoms with van der Waals surface area (Å²) >= 11 is 1.32. The molecule has 8 heteroatoms. The average molecular weight is 434 g/mol. The predicted octanol–water partition coefficient (Wildman–Crippen LogP) is 4.25. The van der Waals surface area contributed by atoms with Gasteiger partial charge in [0.15, 0.2) is 0 Å². The van der Waals surface area contributed by atoms with Crippen LogP contribution < -0.4 is 10.1 Å². The van der Waals surface area contributed by atoms with Crippen LogP contribution in [0.1, 0.15) is 32.2 Å². The van der Waals surface area contributed by atoms with Crippen LogP contribution in [-0.2, 0) is 6.54 Å². The fraction of sp³-hybridized carbons (Fsp3) is 0.217. The minimum atomic E-state index is -0.171. The third-order valence-corrected chi connectivity index (χ3v) is 6.17. The Morgan fingerprint density at radius 1 is 1.10 bits per heavy atom. The highest BCUT2D eigenvalue weighted by atomic mass is 32.1. The SMILES string of the molecule is COc1ccccc1CNC(=O)c1sc(-c2nnn(-c3ccc(C)cc3)c2C)nc1C. The van der Waals surface area contributed by atoms with E-state index < -0.39 is 0 Å². The quantitative estimate of drug-likeness (QED) is 0.491. The zero-order valence-corrected chi connectivity index (χ0v) is 18.7. The van der Waals surface area contributed by atoms with Gasteiger partial charge in [-0.1, -0.05) is 41.1 Å². The number of carbonyl (C=O) groups is 1. The molecule has 0 radical (unpaired) electrons. The van der Waals surface area contributed by atoms with Gasteiger partial charge in [0.05, 0.1) is 24.2 Å². The van der Waals surface area contributed by atoms with E-state index >= 15 is 0 Å². The minimum Gasteiger partial charge on any atom is -0.496 e. The molecule has 2 aromatic heterocycles. The van der Waals surface area contributed by atoms with Gasteiger partial charge in [-0.05, 0) is 39.0 Å². The summed E-state index contributed by atoms with van der Waals surface area (Å²) in [5.74, 6) is 0.573. The lowest BCUT2D eigenvalue weighted by Crippen LogP contribution is -2.22. The highest BCUT2D eigenvalue weighted by Crippen LogP contribution is 2.29. The lowest BCUT2D eigenvalue weighted by atomic mass is 10.2. The molecule has 1 amide bonds. The molecule has 0 aliphatic heterocycles. The molecule has 4 rings (SSSR count). The third kappa shape index (κ3) is 4.20. The van der Waals surface area contributed by atoms with Crippen molar-refractivity contribution in [2.24, 2.45) is 0 Å². The molecular weight excluding hydrogens is 410 g/mol. The summed E-state index contributed by atoms with van der Waals surface area (Å²) in [5.41, 5.74) is 5.25. The molecule has 0 spiro atoms. The number of para-hydroxylation sites is 1. The van der Waals surface area contributed by atoms with Gasteiger partial charge in [-0.25, -0.2) is 9.67 Å². The highest BCUT2D eigenvalue weighted by Gasteiger charge is 2.21. The summed E-state index contributed by atoms with van der Waals surface area (Å²) < 4.78 is 7.13. The number of nitrogens with one attached hydrogen (secondary N) is 1. The van der Waals surface area contributed by atoms with E-state index in [-0.39, 0.29) is 5.91 Å². The number of benzene rings is 2. The summed E-state index contributed by atoms with van der Waals surface area (Å²) in [6, 6.07) is 15.7. The van der Waals surface area contributed by atoms with E-state index in [1.165, 1.54) is 16.9 Å². The Labute approximate surface area is 184 Å². The average Bonchev–Trinajstić information content (AvgIpc) is 3.35. The molecule has 7 nitrogen and oxygen atoms in total. The molecule has 0 saturated carbocycles. The van der Waals surface area contributed by atoms with Gasteiger partial charge in [0, 0.05) is 12.1 Å². The standard InChI is InChI=1S/C23H23N5O2S/c1-14-9-11-18(12-10-14)28-16(3)20(26-27-28)23-25-15(2)21(31-23)22(29)24-13-17-7-5-6-8-19(17)30-4/h5-12H,13H2,1-4H3,(H,24,29). The molecule has 0 saturated heterocycles. The molecule has 2 aromatic carbocycles. The van der Waals surface area contributed by atoms with Crippen LogP contribution in [0.15, 0.2) is 48.5 Å². The van der Waals surface area contributed by atoms with Crippen molar-refractivity contribution < 1.29 is 9.53 Å². The van der Waals surface area contributed by atoms with Gasteiger partial charge in [-0.3, -0.25) is 4.79 Å². The lowest BCUT2D eigenvalue weighted by molar-refractivity contribution is 0.0954. The molecule has 1 N–H and O–H groups in total. The largest absolute Gasteiger partial charge is 0.496 e. The molecule has 0 aliphatic rings. The van der Waals surface area contributed by atoms with Crippen LogP contribution in [0.25, 0.3) is 16.4 Å². The first kappa shape index (κ1) is 20.7. The molecule has 158 valence electrons. The van der Waals surface area contributed by atoms with E-state index in [1.807, 2.05) is 69.3 Å². The number of aryl methyl sites for hydroxylation is 2. The second-order valence-electron chi connectivity index (χ2n) is 7.20. The van der Waals surface area contributed by atoms with Crippen LogP contribution in [-0.4, -0.2) is 33.0 Å². The van der Waals surface area contributed by atoms with E-state index in [4.69, 9.17) is 4.74 Å². The smallest absolute Gasteiger partial charge is 0.263 e. The number of aromatic nitrogens is 4. The van der Waals surface area contributed by atoms with E-state index in [2.05, 4.69) is 20.6 Å². The number of ether oxygens (including phenoxy) is 1. The van der Waals surface area contributed by atoms with E-state index in [0.29, 0.717) is 27.8 Å². The van der Waals surface area contributed by atoms with Gasteiger partial charge in [-0.2, -0.15) is 0 Å². The number of hydrogen-bond acceptors (Lipinski definition) is 6. The number of hydrogen-bond donors (Lipinski definition) is 1. The predicted molar refractivity (Wildman–Crippen MR) is 121 cm³/mol. The van der Waals surface area contributed by atoms with Crippen molar-refractivity contribution in [1.82, 2.24) is 25.3 Å². The van der Waals surface area contributed by atoms with Gasteiger partial charge in [-0.15, -0.1) is 16.4 Å². The first-order chi connectivity index (χ1) is 15.0. The monoisotopic (exact) mass is 433 g/mol. The Morgan fingerprint density at radius 2 is 1.84 bits per heavy atom. The second-order valence-corrected chi connectivity index (χ2v) is 8.20. The molecule has 2 heterocycles. The van der Waals surface area contributed by atoms with Gasteiger partial charge in [0.2, 0.25) is 0 Å². The molecule has 0 unspecified atom stereocenters. The molecule has 0 bridgehead atoms. The van der Waals surface area contributed by atoms with Crippen molar-refractivity contribution in [3.8, 4) is 22.1 Å². The second kappa shape index (κ2) is 8.69. The van der Waals surface area contributed by atoms with E-state index in [9.17, 15) is 4.79 Å². The first-order valence-corrected chi connectivity index (χ1v) is 10.7. The Morgan fingerprint density at radius 3 is 2.58 bits per heavy atom. The number of amides is 1. The Bertz CT molecular complexity index is 1230. The zero-order chi connectivity index (χ0) is 22.0. The number of rotatable bonds is 6. The van der Waals surface area contributed by atoms with Gasteiger partial charge >= 0.3 is 0 Å². The number of methoxy groups -OCH3 is 1. The molecular formula is C23H23N5O2S. The van der Waals surface area contributed by atoms with E-state index in [0.717, 1.165) is 22.7 Å². The summed E-state index contributed by atoms with van der Waals surface area (Å²) in [6.07, 6.45) is 0. The fourth-order valence-corrected chi connectivity index (χ4v) is 4.29. The van der Waals surface area contributed by atoms with Crippen LogP contribution in [0, 0.1) is 20.8 Å². The molecule has 4 aromatic rings. The normalized spacial score (nSPS) is 10.8. The Kier molecular flexibility index (Phi) is 5.81. The van der Waals surface area contributed by atoms with Crippen molar-refractivity contribution in [2.45, 2.75) is 27.3 Å². The minimum absolute atomic E-state index is 0.171. The Hall–Kier alpha value is -3.52. The summed E-state index contributed by atoms with van der Waals surface area (Å²) in [6.45, 7) is 6.20. The zero-order valence-electron chi connectivity index (χ0n) is 17.8. The molecule has 0 fully saturated rings. The molecule has 31 heavy (non-hydrogen) atoms. The number of carbonyl (C=O) groups excluding carboxylic acids is 1. The first-order valence-electron chi connectivity index (χ1n) is 9.85. The van der Waals surface area contributed by atoms with Crippen LogP contribution in [0.3, 0.4) is 0 Å². The van der Waals surface area contributed by atoms with Gasteiger partial charge in [0.25, 0.3) is 5.91 Å². The Balaban J connectivity index is 1.55. The molecule has 0 atom stereocenters. The van der Waals surface area contributed by atoms with Gasteiger partial charge < -0.3 is 10.1 Å². The highest BCUT2D eigenvalue weighted by molar-refractivity contribution is 7.17. The van der Waals surface area contributed by atoms with Crippen molar-refractivity contribution in [1.29, 1.82) is 0 Å². The number of thiazole rings is 1. The lowest BCUT2D eigenvalue weighted by Gasteiger charge is -2.09. The fourth-order valence-electron chi connectivity index (χ4n) is 3.27. The summed E-state index contributed by atoms with van der Waals surface area (Å²) in [7, 11) is 1.62. The van der Waals surface area contributed by atoms with E-state index in [1.54, 1.807) is 11.8 Å². The molecule has 0 aliphatic carbocycles. The third-order valence-electron chi connectivity index (χ3n) is 5.01. The topological polar surface area (TPSA) is 81.9 Å². The van der Waals surface area contributed by atoms with Crippen LogP contribution >= 0.6 is 11.3 Å². The summed E-state index contributed by atoms with van der Waals surface area (Å²) in [4.78, 5) is 18.0. The maximum Gasteiger partial charge on any atom is 0.263 e. The van der Waals surface area contributed by atoms with Crippen molar-refractivity contribution >= 4 is 17.2 Å². The van der Waals surface area contributed by atoms with Gasteiger partial charge in [0.1, 0.15) is 21.3 Å². The summed E-state index contributed by atoms with van der Waals surface area (Å²) in [5, 5.41) is 12.3. The maximum absolute atomic E-state index is 12.8. The van der Waals surface area contributed by atoms with Crippen LogP contribution in [0.2, 0.25) is 0 Å². The number of nitrogens with zero attached hydrogens (tertiary/aromatic N) is 4. The maximum atomic E-state index is 12.8. The van der Waals surface area contributed by atoms with Crippen molar-refractivity contribution in [2.75, 3.05) is 7.11 Å². The van der Waals surface area contributed by atoms with Crippen molar-refractivity contribution in [3.63, 3.8) is 0 Å². The van der Waals surface area contributed by atoms with Crippen molar-refractivity contribution in [3.05, 3.63) is 75.9 Å².